The summed E-state index contributed by atoms with van der Waals surface area (Å²) in [6, 6.07) is 23.5. The minimum atomic E-state index is -4.40. The third-order valence-corrected chi connectivity index (χ3v) is 10.4. The van der Waals surface area contributed by atoms with Gasteiger partial charge in [0.15, 0.2) is 11.5 Å². The first-order valence-corrected chi connectivity index (χ1v) is 18.0. The summed E-state index contributed by atoms with van der Waals surface area (Å²) in [5.74, 6) is -0.346. The van der Waals surface area contributed by atoms with Gasteiger partial charge >= 0.3 is 0 Å². The van der Waals surface area contributed by atoms with Crippen molar-refractivity contribution >= 4 is 62.3 Å². The Balaban J connectivity index is 1.83. The van der Waals surface area contributed by atoms with E-state index >= 15 is 0 Å². The zero-order chi connectivity index (χ0) is 35.7. The molecule has 0 fully saturated rings. The number of nitrogens with one attached hydrogen (secondary N) is 1. The molecule has 0 unspecified atom stereocenters. The molecule has 13 heteroatoms. The van der Waals surface area contributed by atoms with Crippen molar-refractivity contribution in [1.82, 2.24) is 10.2 Å². The lowest BCUT2D eigenvalue weighted by atomic mass is 10.0. The number of sulfonamides is 1. The number of nitrogens with zero attached hydrogens (tertiary/aromatic N) is 2. The van der Waals surface area contributed by atoms with Gasteiger partial charge in [0.1, 0.15) is 12.6 Å². The van der Waals surface area contributed by atoms with Crippen molar-refractivity contribution < 1.29 is 27.5 Å². The standard InChI is InChI=1S/C36H38Cl3N3O6S/c1-24(2)21-40-36(44)32(19-25-8-6-5-7-9-25)41(22-26-10-16-30(38)31(39)18-26)35(43)23-42(28-13-11-27(37)12-14-28)49(45,46)29-15-17-33(47-3)34(20-29)48-4/h5-18,20,24,32H,19,21-23H2,1-4H3,(H,40,44)/t32-/m0/s1. The quantitative estimate of drug-likeness (QED) is 0.137. The van der Waals surface area contributed by atoms with Crippen LogP contribution in [0.4, 0.5) is 5.69 Å². The molecule has 4 aromatic rings. The number of carbonyl (C=O) groups is 2. The predicted molar refractivity (Wildman–Crippen MR) is 194 cm³/mol. The number of carbonyl (C=O) groups excluding carboxylic acids is 2. The average molecular weight is 747 g/mol. The third-order valence-electron chi connectivity index (χ3n) is 7.63. The fourth-order valence-corrected chi connectivity index (χ4v) is 6.93. The summed E-state index contributed by atoms with van der Waals surface area (Å²) in [4.78, 5) is 29.8. The minimum absolute atomic E-state index is 0.0623. The highest BCUT2D eigenvalue weighted by Gasteiger charge is 2.35. The Kier molecular flexibility index (Phi) is 13.2. The number of halogens is 3. The smallest absolute Gasteiger partial charge is 0.264 e. The predicted octanol–water partition coefficient (Wildman–Crippen LogP) is 7.27. The molecule has 260 valence electrons. The normalized spacial score (nSPS) is 11.9. The van der Waals surface area contributed by atoms with Gasteiger partial charge in [0.2, 0.25) is 11.8 Å². The minimum Gasteiger partial charge on any atom is -0.493 e. The lowest BCUT2D eigenvalue weighted by Crippen LogP contribution is -2.53. The van der Waals surface area contributed by atoms with Crippen LogP contribution in [0.25, 0.3) is 0 Å². The van der Waals surface area contributed by atoms with Crippen molar-refractivity contribution in [2.75, 3.05) is 31.6 Å². The largest absolute Gasteiger partial charge is 0.493 e. The van der Waals surface area contributed by atoms with Crippen LogP contribution in [-0.2, 0) is 32.6 Å². The number of hydrogen-bond acceptors (Lipinski definition) is 6. The van der Waals surface area contributed by atoms with Crippen molar-refractivity contribution in [2.24, 2.45) is 5.92 Å². The summed E-state index contributed by atoms with van der Waals surface area (Å²) < 4.78 is 40.4. The van der Waals surface area contributed by atoms with Gasteiger partial charge in [-0.2, -0.15) is 0 Å². The van der Waals surface area contributed by atoms with E-state index in [9.17, 15) is 18.0 Å². The van der Waals surface area contributed by atoms with Crippen LogP contribution < -0.4 is 19.1 Å². The molecule has 0 saturated heterocycles. The van der Waals surface area contributed by atoms with Crippen molar-refractivity contribution in [3.8, 4) is 11.5 Å². The molecule has 4 aromatic carbocycles. The van der Waals surface area contributed by atoms with E-state index in [4.69, 9.17) is 44.3 Å². The van der Waals surface area contributed by atoms with E-state index in [0.29, 0.717) is 27.9 Å². The molecular formula is C36H38Cl3N3O6S. The number of amides is 2. The van der Waals surface area contributed by atoms with Gasteiger partial charge < -0.3 is 19.7 Å². The zero-order valence-corrected chi connectivity index (χ0v) is 30.6. The number of methoxy groups -OCH3 is 2. The average Bonchev–Trinajstić information content (AvgIpc) is 3.09. The maximum atomic E-state index is 14.6. The topological polar surface area (TPSA) is 105 Å². The Morgan fingerprint density at radius 1 is 0.796 bits per heavy atom. The van der Waals surface area contributed by atoms with Crippen molar-refractivity contribution in [1.29, 1.82) is 0 Å². The van der Waals surface area contributed by atoms with Crippen LogP contribution in [0.3, 0.4) is 0 Å². The molecule has 4 rings (SSSR count). The summed E-state index contributed by atoms with van der Waals surface area (Å²) in [7, 11) is -1.56. The fraction of sp³-hybridized carbons (Fsp3) is 0.278. The molecule has 2 amide bonds. The first-order valence-electron chi connectivity index (χ1n) is 15.4. The van der Waals surface area contributed by atoms with Crippen LogP contribution in [-0.4, -0.2) is 58.5 Å². The molecule has 49 heavy (non-hydrogen) atoms. The second-order valence-corrected chi connectivity index (χ2v) is 14.7. The van der Waals surface area contributed by atoms with Crippen molar-refractivity contribution in [3.05, 3.63) is 117 Å². The van der Waals surface area contributed by atoms with Crippen molar-refractivity contribution in [2.45, 2.75) is 37.8 Å². The molecule has 1 N–H and O–H groups in total. The van der Waals surface area contributed by atoms with Crippen LogP contribution in [0.1, 0.15) is 25.0 Å². The number of ether oxygens (including phenoxy) is 2. The number of hydrogen-bond donors (Lipinski definition) is 1. The van der Waals surface area contributed by atoms with Gasteiger partial charge in [-0.1, -0.05) is 85.0 Å². The van der Waals surface area contributed by atoms with Crippen molar-refractivity contribution in [3.63, 3.8) is 0 Å². The van der Waals surface area contributed by atoms with E-state index < -0.39 is 28.5 Å². The van der Waals surface area contributed by atoms with Gasteiger partial charge in [-0.3, -0.25) is 13.9 Å². The number of anilines is 1. The molecule has 0 bridgehead atoms. The molecule has 0 heterocycles. The third kappa shape index (κ3) is 9.82. The lowest BCUT2D eigenvalue weighted by Gasteiger charge is -2.34. The summed E-state index contributed by atoms with van der Waals surface area (Å²) in [5.41, 5.74) is 1.59. The highest BCUT2D eigenvalue weighted by atomic mass is 35.5. The molecule has 1 atom stereocenters. The zero-order valence-electron chi connectivity index (χ0n) is 27.5. The van der Waals surface area contributed by atoms with Crippen LogP contribution in [0.2, 0.25) is 15.1 Å². The molecule has 0 aromatic heterocycles. The lowest BCUT2D eigenvalue weighted by molar-refractivity contribution is -0.140. The SMILES string of the molecule is COc1ccc(S(=O)(=O)N(CC(=O)N(Cc2ccc(Cl)c(Cl)c2)[C@@H](Cc2ccccc2)C(=O)NCC(C)C)c2ccc(Cl)cc2)cc1OC. The molecule has 0 radical (unpaired) electrons. The molecular weight excluding hydrogens is 709 g/mol. The Morgan fingerprint density at radius 3 is 2.08 bits per heavy atom. The summed E-state index contributed by atoms with van der Waals surface area (Å²) in [6.45, 7) is 3.60. The Hall–Kier alpha value is -3.96. The highest BCUT2D eigenvalue weighted by molar-refractivity contribution is 7.92. The summed E-state index contributed by atoms with van der Waals surface area (Å²) >= 11 is 18.7. The Labute approximate surface area is 302 Å². The van der Waals surface area contributed by atoms with Gasteiger partial charge in [-0.05, 0) is 65.6 Å². The van der Waals surface area contributed by atoms with Gasteiger partial charge in [0.25, 0.3) is 10.0 Å². The van der Waals surface area contributed by atoms with Gasteiger partial charge in [-0.25, -0.2) is 8.42 Å². The van der Waals surface area contributed by atoms with Crippen LogP contribution in [0.5, 0.6) is 11.5 Å². The molecule has 0 saturated carbocycles. The van der Waals surface area contributed by atoms with Crippen LogP contribution in [0, 0.1) is 5.92 Å². The van der Waals surface area contributed by atoms with E-state index in [0.717, 1.165) is 9.87 Å². The van der Waals surface area contributed by atoms with E-state index in [2.05, 4.69) is 5.32 Å². The Bertz CT molecular complexity index is 1860. The molecule has 9 nitrogen and oxygen atoms in total. The molecule has 0 spiro atoms. The van der Waals surface area contributed by atoms with Crippen LogP contribution in [0.15, 0.2) is 95.9 Å². The van der Waals surface area contributed by atoms with Crippen LogP contribution >= 0.6 is 34.8 Å². The van der Waals surface area contributed by atoms with E-state index in [1.165, 1.54) is 61.6 Å². The second kappa shape index (κ2) is 17.1. The first kappa shape index (κ1) is 37.9. The van der Waals surface area contributed by atoms with E-state index in [-0.39, 0.29) is 46.1 Å². The summed E-state index contributed by atoms with van der Waals surface area (Å²) in [6.07, 6.45) is 0.168. The first-order chi connectivity index (χ1) is 23.3. The Morgan fingerprint density at radius 2 is 1.47 bits per heavy atom. The maximum absolute atomic E-state index is 14.6. The van der Waals surface area contributed by atoms with E-state index in [1.807, 2.05) is 44.2 Å². The monoisotopic (exact) mass is 745 g/mol. The molecule has 0 aliphatic heterocycles. The van der Waals surface area contributed by atoms with Gasteiger partial charge in [-0.15, -0.1) is 0 Å². The summed E-state index contributed by atoms with van der Waals surface area (Å²) in [5, 5.41) is 3.94. The van der Waals surface area contributed by atoms with Gasteiger partial charge in [0, 0.05) is 30.6 Å². The molecule has 0 aliphatic rings. The van der Waals surface area contributed by atoms with Gasteiger partial charge in [0.05, 0.1) is 34.8 Å². The fourth-order valence-electron chi connectivity index (χ4n) is 5.05. The number of rotatable bonds is 15. The van der Waals surface area contributed by atoms with E-state index in [1.54, 1.807) is 18.2 Å². The second-order valence-electron chi connectivity index (χ2n) is 11.6. The number of benzene rings is 4. The molecule has 0 aliphatic carbocycles. The highest BCUT2D eigenvalue weighted by Crippen LogP contribution is 2.33. The maximum Gasteiger partial charge on any atom is 0.264 e.